The van der Waals surface area contributed by atoms with Crippen molar-refractivity contribution in [3.8, 4) is 0 Å². The quantitative estimate of drug-likeness (QED) is 0.721. The molecule has 0 saturated heterocycles. The molecular formula is C11H18N3O+. The highest BCUT2D eigenvalue weighted by molar-refractivity contribution is 5.77. The van der Waals surface area contributed by atoms with Crippen molar-refractivity contribution in [2.45, 2.75) is 27.2 Å². The second kappa shape index (κ2) is 4.87. The molecular weight excluding hydrogens is 190 g/mol. The number of aryl methyl sites for hydroxylation is 2. The van der Waals surface area contributed by atoms with Gasteiger partial charge in [-0.3, -0.25) is 4.79 Å². The Bertz CT molecular complexity index is 374. The maximum atomic E-state index is 11.4. The lowest BCUT2D eigenvalue weighted by atomic mass is 10.3. The van der Waals surface area contributed by atoms with E-state index in [1.165, 1.54) is 0 Å². The molecule has 1 rings (SSSR count). The minimum atomic E-state index is 0.0191. The molecule has 0 radical (unpaired) electrons. The van der Waals surface area contributed by atoms with Crippen LogP contribution in [0, 0.1) is 13.8 Å². The number of amides is 1. The highest BCUT2D eigenvalue weighted by Gasteiger charge is 2.16. The number of carbonyl (C=O) groups excluding carboxylic acids is 1. The number of nitrogens with one attached hydrogen (secondary N) is 1. The van der Waals surface area contributed by atoms with E-state index in [0.29, 0.717) is 13.0 Å². The van der Waals surface area contributed by atoms with Gasteiger partial charge in [-0.1, -0.05) is 4.98 Å². The van der Waals surface area contributed by atoms with Crippen molar-refractivity contribution >= 4 is 5.91 Å². The van der Waals surface area contributed by atoms with E-state index in [9.17, 15) is 4.79 Å². The molecule has 0 aliphatic carbocycles. The molecule has 0 atom stereocenters. The van der Waals surface area contributed by atoms with Crippen LogP contribution in [0.2, 0.25) is 0 Å². The zero-order chi connectivity index (χ0) is 11.4. The maximum absolute atomic E-state index is 11.4. The summed E-state index contributed by atoms with van der Waals surface area (Å²) in [6.07, 6.45) is 0.340. The van der Waals surface area contributed by atoms with Crippen molar-refractivity contribution in [3.63, 3.8) is 0 Å². The molecule has 0 aliphatic rings. The summed E-state index contributed by atoms with van der Waals surface area (Å²) in [5.74, 6) is 0.823. The van der Waals surface area contributed by atoms with Crippen LogP contribution in [-0.2, 0) is 18.3 Å². The molecule has 1 heterocycles. The molecule has 1 N–H and O–H groups in total. The van der Waals surface area contributed by atoms with Crippen LogP contribution < -0.4 is 9.88 Å². The first-order chi connectivity index (χ1) is 7.04. The van der Waals surface area contributed by atoms with Crippen LogP contribution in [0.5, 0.6) is 0 Å². The van der Waals surface area contributed by atoms with Crippen molar-refractivity contribution in [2.24, 2.45) is 7.05 Å². The van der Waals surface area contributed by atoms with Crippen LogP contribution in [0.25, 0.3) is 0 Å². The van der Waals surface area contributed by atoms with Gasteiger partial charge in [-0.2, -0.15) is 0 Å². The summed E-state index contributed by atoms with van der Waals surface area (Å²) >= 11 is 0. The van der Waals surface area contributed by atoms with Gasteiger partial charge in [0, 0.05) is 19.5 Å². The van der Waals surface area contributed by atoms with E-state index in [2.05, 4.69) is 10.3 Å². The number of likely N-dealkylation sites (N-methyl/N-ethyl adjacent to an activating group) is 1. The van der Waals surface area contributed by atoms with Gasteiger partial charge >= 0.3 is 5.82 Å². The third kappa shape index (κ3) is 3.01. The van der Waals surface area contributed by atoms with Gasteiger partial charge in [0.1, 0.15) is 12.1 Å². The molecule has 1 amide bonds. The molecule has 0 aromatic carbocycles. The molecule has 1 aromatic heterocycles. The molecule has 0 unspecified atom stereocenters. The van der Waals surface area contributed by atoms with Gasteiger partial charge in [-0.05, 0) is 13.8 Å². The van der Waals surface area contributed by atoms with Crippen molar-refractivity contribution in [1.29, 1.82) is 0 Å². The van der Waals surface area contributed by atoms with Gasteiger partial charge in [0.2, 0.25) is 5.91 Å². The van der Waals surface area contributed by atoms with E-state index in [-0.39, 0.29) is 5.91 Å². The third-order valence-corrected chi connectivity index (χ3v) is 2.33. The van der Waals surface area contributed by atoms with Crippen LogP contribution in [-0.4, -0.2) is 17.4 Å². The molecule has 82 valence electrons. The summed E-state index contributed by atoms with van der Waals surface area (Å²) in [5.41, 5.74) is 2.06. The standard InChI is InChI=1S/C11H17N3O/c1-5-12-11(15)7-10-13-8(2)6-9(3)14(10)4/h6H,5,7H2,1-4H3/p+1. The number of hydrogen-bond donors (Lipinski definition) is 1. The molecule has 15 heavy (non-hydrogen) atoms. The summed E-state index contributed by atoms with van der Waals surface area (Å²) in [6, 6.07) is 2.00. The summed E-state index contributed by atoms with van der Waals surface area (Å²) in [6.45, 7) is 6.52. The van der Waals surface area contributed by atoms with E-state index < -0.39 is 0 Å². The van der Waals surface area contributed by atoms with Gasteiger partial charge < -0.3 is 5.32 Å². The van der Waals surface area contributed by atoms with Crippen LogP contribution >= 0.6 is 0 Å². The molecule has 4 heteroatoms. The Kier molecular flexibility index (Phi) is 3.77. The Morgan fingerprint density at radius 3 is 2.80 bits per heavy atom. The highest BCUT2D eigenvalue weighted by atomic mass is 16.1. The second-order valence-corrected chi connectivity index (χ2v) is 3.64. The lowest BCUT2D eigenvalue weighted by molar-refractivity contribution is -0.687. The Morgan fingerprint density at radius 1 is 1.53 bits per heavy atom. The Hall–Kier alpha value is -1.45. The average molecular weight is 208 g/mol. The van der Waals surface area contributed by atoms with Crippen molar-refractivity contribution in [1.82, 2.24) is 10.3 Å². The van der Waals surface area contributed by atoms with Crippen molar-refractivity contribution in [3.05, 3.63) is 23.3 Å². The fourth-order valence-corrected chi connectivity index (χ4v) is 1.47. The summed E-state index contributed by atoms with van der Waals surface area (Å²) < 4.78 is 1.95. The number of hydrogen-bond acceptors (Lipinski definition) is 2. The second-order valence-electron chi connectivity index (χ2n) is 3.64. The average Bonchev–Trinajstić information content (AvgIpc) is 2.13. The van der Waals surface area contributed by atoms with Crippen LogP contribution in [0.1, 0.15) is 24.1 Å². The Balaban J connectivity index is 2.89. The lowest BCUT2D eigenvalue weighted by Crippen LogP contribution is -2.41. The lowest BCUT2D eigenvalue weighted by Gasteiger charge is -2.03. The Labute approximate surface area is 90.3 Å². The van der Waals surface area contributed by atoms with Gasteiger partial charge in [0.15, 0.2) is 5.69 Å². The van der Waals surface area contributed by atoms with Gasteiger partial charge in [0.05, 0.1) is 7.05 Å². The van der Waals surface area contributed by atoms with Gasteiger partial charge in [-0.15, -0.1) is 0 Å². The van der Waals surface area contributed by atoms with E-state index in [1.807, 2.05) is 38.5 Å². The third-order valence-electron chi connectivity index (χ3n) is 2.33. The topological polar surface area (TPSA) is 45.9 Å². The zero-order valence-electron chi connectivity index (χ0n) is 9.79. The zero-order valence-corrected chi connectivity index (χ0v) is 9.79. The van der Waals surface area contributed by atoms with Crippen molar-refractivity contribution in [2.75, 3.05) is 6.54 Å². The first kappa shape index (κ1) is 11.6. The first-order valence-corrected chi connectivity index (χ1v) is 5.14. The molecule has 0 spiro atoms. The monoisotopic (exact) mass is 208 g/mol. The number of nitrogens with zero attached hydrogens (tertiary/aromatic N) is 2. The molecule has 0 bridgehead atoms. The van der Waals surface area contributed by atoms with Crippen molar-refractivity contribution < 1.29 is 9.36 Å². The molecule has 0 fully saturated rings. The van der Waals surface area contributed by atoms with E-state index in [1.54, 1.807) is 0 Å². The SMILES string of the molecule is CCNC(=O)Cc1nc(C)cc(C)[n+]1C. The van der Waals surface area contributed by atoms with E-state index in [4.69, 9.17) is 0 Å². The Morgan fingerprint density at radius 2 is 2.20 bits per heavy atom. The fourth-order valence-electron chi connectivity index (χ4n) is 1.47. The van der Waals surface area contributed by atoms with Crippen LogP contribution in [0.4, 0.5) is 0 Å². The van der Waals surface area contributed by atoms with Crippen LogP contribution in [0.3, 0.4) is 0 Å². The maximum Gasteiger partial charge on any atom is 0.308 e. The van der Waals surface area contributed by atoms with Crippen LogP contribution in [0.15, 0.2) is 6.07 Å². The number of aromatic nitrogens is 2. The smallest absolute Gasteiger partial charge is 0.308 e. The molecule has 0 saturated carbocycles. The molecule has 4 nitrogen and oxygen atoms in total. The minimum absolute atomic E-state index is 0.0191. The van der Waals surface area contributed by atoms with E-state index >= 15 is 0 Å². The highest BCUT2D eigenvalue weighted by Crippen LogP contribution is 1.97. The predicted octanol–water partition coefficient (Wildman–Crippen LogP) is 0.202. The largest absolute Gasteiger partial charge is 0.356 e. The summed E-state index contributed by atoms with van der Waals surface area (Å²) in [5, 5.41) is 2.77. The van der Waals surface area contributed by atoms with E-state index in [0.717, 1.165) is 17.2 Å². The molecule has 0 aliphatic heterocycles. The minimum Gasteiger partial charge on any atom is -0.356 e. The fraction of sp³-hybridized carbons (Fsp3) is 0.545. The van der Waals surface area contributed by atoms with Gasteiger partial charge in [-0.25, -0.2) is 4.57 Å². The number of rotatable bonds is 3. The first-order valence-electron chi connectivity index (χ1n) is 5.14. The number of carbonyl (C=O) groups is 1. The molecule has 1 aromatic rings. The predicted molar refractivity (Wildman–Crippen MR) is 57.3 cm³/mol. The normalized spacial score (nSPS) is 10.1. The van der Waals surface area contributed by atoms with Gasteiger partial charge in [0.25, 0.3) is 0 Å². The summed E-state index contributed by atoms with van der Waals surface area (Å²) in [7, 11) is 1.93. The summed E-state index contributed by atoms with van der Waals surface area (Å²) in [4.78, 5) is 15.8.